The number of allylic oxidation sites excluding steroid dienone is 12. The van der Waals surface area contributed by atoms with E-state index in [4.69, 9.17) is 5.26 Å². The highest BCUT2D eigenvalue weighted by Crippen LogP contribution is 2.50. The van der Waals surface area contributed by atoms with Crippen LogP contribution in [0.25, 0.3) is 28.9 Å². The van der Waals surface area contributed by atoms with Crippen LogP contribution in [0.4, 0.5) is 0 Å². The summed E-state index contributed by atoms with van der Waals surface area (Å²) in [7, 11) is 0. The molecule has 3 heteroatoms. The molecule has 3 aromatic carbocycles. The molecule has 45 heavy (non-hydrogen) atoms. The normalized spacial score (nSPS) is 16.8. The number of benzene rings is 3. The van der Waals surface area contributed by atoms with Crippen LogP contribution in [0.5, 0.6) is 0 Å². The van der Waals surface area contributed by atoms with E-state index in [1.54, 1.807) is 12.2 Å². The van der Waals surface area contributed by atoms with Gasteiger partial charge in [-0.1, -0.05) is 136 Å². The average molecular weight is 586 g/mol. The highest BCUT2D eigenvalue weighted by atomic mass is 14.5. The third-order valence-corrected chi connectivity index (χ3v) is 7.95. The lowest BCUT2D eigenvalue weighted by atomic mass is 9.67. The summed E-state index contributed by atoms with van der Waals surface area (Å²) >= 11 is 0. The van der Waals surface area contributed by atoms with E-state index in [0.717, 1.165) is 12.0 Å². The van der Waals surface area contributed by atoms with Crippen LogP contribution >= 0.6 is 0 Å². The molecule has 0 saturated heterocycles. The number of nitrogens with zero attached hydrogens (tertiary/aromatic N) is 2. The molecule has 0 saturated carbocycles. The third kappa shape index (κ3) is 7.48. The van der Waals surface area contributed by atoms with E-state index >= 15 is 0 Å². The Balaban J connectivity index is 0.000000871. The second-order valence-electron chi connectivity index (χ2n) is 10.7. The molecule has 0 fully saturated rings. The van der Waals surface area contributed by atoms with Gasteiger partial charge in [0.15, 0.2) is 6.19 Å². The molecule has 0 aliphatic heterocycles. The van der Waals surface area contributed by atoms with Gasteiger partial charge < -0.3 is 5.73 Å². The van der Waals surface area contributed by atoms with Crippen molar-refractivity contribution in [1.29, 1.82) is 10.5 Å². The van der Waals surface area contributed by atoms with Gasteiger partial charge in [0.2, 0.25) is 0 Å². The van der Waals surface area contributed by atoms with Crippen molar-refractivity contribution in [2.24, 2.45) is 11.7 Å². The molecule has 0 aromatic heterocycles. The predicted octanol–water partition coefficient (Wildman–Crippen LogP) is 10.0. The summed E-state index contributed by atoms with van der Waals surface area (Å²) in [6.07, 6.45) is 26.3. The SMILES string of the molecule is C=C/C=C\Cc1cccc(C2=CC3C=Cc4cc(-c5cccc(C/C(C#N)=C\C=C)c5)cc5c4C3C(=C2)C=C5)c1.CC.N#CN. The number of hydrogen-bond donors (Lipinski definition) is 1. The number of nitriles is 2. The molecule has 6 rings (SSSR count). The largest absolute Gasteiger partial charge is 0.337 e. The molecule has 3 aliphatic carbocycles. The average Bonchev–Trinajstić information content (AvgIpc) is 3.08. The summed E-state index contributed by atoms with van der Waals surface area (Å²) in [5, 5.41) is 16.5. The van der Waals surface area contributed by atoms with Gasteiger partial charge in [0.1, 0.15) is 0 Å². The quantitative estimate of drug-likeness (QED) is 0.124. The summed E-state index contributed by atoms with van der Waals surface area (Å²) in [5.41, 5.74) is 17.6. The monoisotopic (exact) mass is 585 g/mol. The van der Waals surface area contributed by atoms with Crippen LogP contribution < -0.4 is 5.73 Å². The molecule has 2 unspecified atom stereocenters. The van der Waals surface area contributed by atoms with E-state index in [1.807, 2.05) is 26.0 Å². The minimum absolute atomic E-state index is 0.339. The van der Waals surface area contributed by atoms with Crippen molar-refractivity contribution >= 4 is 17.7 Å². The van der Waals surface area contributed by atoms with Gasteiger partial charge in [-0.2, -0.15) is 10.5 Å². The van der Waals surface area contributed by atoms with Gasteiger partial charge in [0.05, 0.1) is 6.07 Å². The third-order valence-electron chi connectivity index (χ3n) is 7.95. The lowest BCUT2D eigenvalue weighted by Gasteiger charge is -2.36. The molecule has 0 spiro atoms. The van der Waals surface area contributed by atoms with Crippen molar-refractivity contribution in [1.82, 2.24) is 0 Å². The smallest absolute Gasteiger partial charge is 0.173 e. The second kappa shape index (κ2) is 15.7. The topological polar surface area (TPSA) is 73.6 Å². The molecule has 0 radical (unpaired) electrons. The summed E-state index contributed by atoms with van der Waals surface area (Å²) in [4.78, 5) is 0. The molecule has 0 amide bonds. The van der Waals surface area contributed by atoms with Gasteiger partial charge in [-0.05, 0) is 80.3 Å². The van der Waals surface area contributed by atoms with E-state index < -0.39 is 0 Å². The summed E-state index contributed by atoms with van der Waals surface area (Å²) in [5.74, 6) is 0.691. The van der Waals surface area contributed by atoms with Gasteiger partial charge in [-0.25, -0.2) is 0 Å². The van der Waals surface area contributed by atoms with Crippen LogP contribution in [-0.2, 0) is 12.8 Å². The first kappa shape index (κ1) is 32.3. The zero-order chi connectivity index (χ0) is 32.2. The fourth-order valence-electron chi connectivity index (χ4n) is 6.14. The van der Waals surface area contributed by atoms with Crippen LogP contribution in [-0.4, -0.2) is 0 Å². The molecule has 0 bridgehead atoms. The lowest BCUT2D eigenvalue weighted by Crippen LogP contribution is -2.21. The number of rotatable bonds is 8. The van der Waals surface area contributed by atoms with Gasteiger partial charge in [0.25, 0.3) is 0 Å². The Morgan fingerprint density at radius 3 is 2.27 bits per heavy atom. The number of nitrogens with two attached hydrogens (primary N) is 1. The Morgan fingerprint density at radius 1 is 0.867 bits per heavy atom. The Hall–Kier alpha value is -5.64. The molecular weight excluding hydrogens is 546 g/mol. The zero-order valence-electron chi connectivity index (χ0n) is 26.1. The Labute approximate surface area is 268 Å². The molecule has 3 nitrogen and oxygen atoms in total. The van der Waals surface area contributed by atoms with E-state index in [1.165, 1.54) is 56.3 Å². The summed E-state index contributed by atoms with van der Waals surface area (Å²) in [6.45, 7) is 11.5. The maximum absolute atomic E-state index is 9.44. The van der Waals surface area contributed by atoms with Crippen LogP contribution in [0, 0.1) is 28.7 Å². The van der Waals surface area contributed by atoms with Crippen molar-refractivity contribution in [2.75, 3.05) is 0 Å². The van der Waals surface area contributed by atoms with Crippen molar-refractivity contribution in [2.45, 2.75) is 32.6 Å². The first-order chi connectivity index (χ1) is 22.1. The lowest BCUT2D eigenvalue weighted by molar-refractivity contribution is 0.667. The zero-order valence-corrected chi connectivity index (χ0v) is 26.1. The van der Waals surface area contributed by atoms with Crippen molar-refractivity contribution in [3.05, 3.63) is 173 Å². The molecular formula is C42H39N3. The van der Waals surface area contributed by atoms with Crippen molar-refractivity contribution in [3.8, 4) is 23.4 Å². The van der Waals surface area contributed by atoms with Crippen LogP contribution in [0.15, 0.2) is 140 Å². The van der Waals surface area contributed by atoms with Crippen LogP contribution in [0.3, 0.4) is 0 Å². The van der Waals surface area contributed by atoms with E-state index in [-0.39, 0.29) is 0 Å². The first-order valence-corrected chi connectivity index (χ1v) is 15.3. The highest BCUT2D eigenvalue weighted by Gasteiger charge is 2.34. The fraction of sp³-hybridized carbons (Fsp3) is 0.143. The van der Waals surface area contributed by atoms with Crippen LogP contribution in [0.1, 0.15) is 53.1 Å². The molecule has 2 N–H and O–H groups in total. The first-order valence-electron chi connectivity index (χ1n) is 15.3. The molecule has 3 aromatic rings. The molecule has 0 heterocycles. The standard InChI is InChI=1S/C39H31N.C2H6.CH2N2/c1-3-5-6-10-27-11-7-13-30(20-27)36-22-32-15-17-34-24-37(25-35-18-16-33(23-36)38(32)39(34)35)31-14-8-12-28(21-31)19-29(26-40)9-4-2;1-2;2-1-3/h3-9,11-18,20-25,32,38H,1-2,10,19H2;1-2H3;2H2/b6-5-,29-9+;;. The van der Waals surface area contributed by atoms with Gasteiger partial charge in [-0.3, -0.25) is 0 Å². The van der Waals surface area contributed by atoms with Gasteiger partial charge in [0, 0.05) is 23.8 Å². The minimum atomic E-state index is 0.339. The van der Waals surface area contributed by atoms with Crippen molar-refractivity contribution < 1.29 is 0 Å². The highest BCUT2D eigenvalue weighted by molar-refractivity contribution is 5.85. The Morgan fingerprint density at radius 2 is 1.56 bits per heavy atom. The van der Waals surface area contributed by atoms with Crippen molar-refractivity contribution in [3.63, 3.8) is 0 Å². The molecule has 2 atom stereocenters. The Kier molecular flexibility index (Phi) is 11.3. The predicted molar refractivity (Wildman–Crippen MR) is 190 cm³/mol. The summed E-state index contributed by atoms with van der Waals surface area (Å²) in [6, 6.07) is 24.3. The van der Waals surface area contributed by atoms with Gasteiger partial charge in [-0.15, -0.1) is 0 Å². The minimum Gasteiger partial charge on any atom is -0.337 e. The van der Waals surface area contributed by atoms with E-state index in [0.29, 0.717) is 23.8 Å². The Bertz CT molecular complexity index is 1840. The van der Waals surface area contributed by atoms with E-state index in [2.05, 4.69) is 128 Å². The van der Waals surface area contributed by atoms with Crippen LogP contribution in [0.2, 0.25) is 0 Å². The number of hydrogen-bond acceptors (Lipinski definition) is 3. The fourth-order valence-corrected chi connectivity index (χ4v) is 6.14. The second-order valence-corrected chi connectivity index (χ2v) is 10.7. The molecule has 222 valence electrons. The maximum atomic E-state index is 9.44. The molecule has 3 aliphatic rings. The maximum Gasteiger partial charge on any atom is 0.173 e. The summed E-state index contributed by atoms with van der Waals surface area (Å²) < 4.78 is 0. The van der Waals surface area contributed by atoms with Gasteiger partial charge >= 0.3 is 0 Å². The van der Waals surface area contributed by atoms with E-state index in [9.17, 15) is 5.26 Å².